The molecule has 1 saturated heterocycles. The smallest absolute Gasteiger partial charge is 0.429 e. The maximum absolute atomic E-state index is 14.8. The van der Waals surface area contributed by atoms with E-state index in [9.17, 15) is 13.6 Å². The molecular formula is C29H38ClF2N5O2. The average molecular weight is 562 g/mol. The Morgan fingerprint density at radius 3 is 2.72 bits per heavy atom. The molecule has 1 aromatic carbocycles. The number of anilines is 1. The largest absolute Gasteiger partial charge is 0.442 e. The number of hydrogen-bond donors (Lipinski definition) is 2. The highest BCUT2D eigenvalue weighted by molar-refractivity contribution is 6.30. The van der Waals surface area contributed by atoms with Gasteiger partial charge in [-0.1, -0.05) is 23.7 Å². The minimum Gasteiger partial charge on any atom is -0.442 e. The fourth-order valence-corrected chi connectivity index (χ4v) is 5.56. The lowest BCUT2D eigenvalue weighted by molar-refractivity contribution is 0.0239. The Labute approximate surface area is 234 Å². The second kappa shape index (κ2) is 11.8. The van der Waals surface area contributed by atoms with Gasteiger partial charge in [0, 0.05) is 23.3 Å². The summed E-state index contributed by atoms with van der Waals surface area (Å²) in [6.45, 7) is 12.1. The Bertz CT molecular complexity index is 1230. The van der Waals surface area contributed by atoms with Crippen molar-refractivity contribution < 1.29 is 18.3 Å². The number of nitrogens with one attached hydrogen (secondary N) is 2. The Balaban J connectivity index is 1.36. The van der Waals surface area contributed by atoms with Crippen LogP contribution in [0.25, 0.3) is 0 Å². The number of carbonyl (C=O) groups excluding carboxylic acids is 1. The van der Waals surface area contributed by atoms with Crippen LogP contribution >= 0.6 is 11.6 Å². The number of pyridine rings is 1. The van der Waals surface area contributed by atoms with Crippen molar-refractivity contribution in [2.45, 2.75) is 84.7 Å². The molecule has 2 aromatic rings. The zero-order valence-corrected chi connectivity index (χ0v) is 24.1. The lowest BCUT2D eigenvalue weighted by Gasteiger charge is -2.41. The fourth-order valence-electron chi connectivity index (χ4n) is 5.38. The summed E-state index contributed by atoms with van der Waals surface area (Å²) in [4.78, 5) is 19.3. The van der Waals surface area contributed by atoms with Crippen molar-refractivity contribution in [3.63, 3.8) is 0 Å². The first-order valence-corrected chi connectivity index (χ1v) is 13.8. The number of ether oxygens (including phenoxy) is 1. The molecule has 10 heteroatoms. The Kier molecular flexibility index (Phi) is 8.83. The van der Waals surface area contributed by atoms with E-state index >= 15 is 0 Å². The van der Waals surface area contributed by atoms with E-state index in [1.54, 1.807) is 31.2 Å². The molecule has 3 unspecified atom stereocenters. The Morgan fingerprint density at radius 2 is 2.03 bits per heavy atom. The standard InChI is InChI=1S/C29H38ClF2N5O2/c1-17-14-20(12-13-36(17)19(3)21-8-7-9-22(30)27(21)32)16-24-23(31)10-11-25(33-24)34-26-15-18(2)37(35-26)28(38)39-29(4,5)6/h7-11,15,17,19-20,26,35H,12-14,16H2,1-6H3,(H,33,34)/t17-,19?,20?,26?/m1/s1. The summed E-state index contributed by atoms with van der Waals surface area (Å²) >= 11 is 6.01. The van der Waals surface area contributed by atoms with E-state index in [0.717, 1.165) is 19.4 Å². The molecule has 39 heavy (non-hydrogen) atoms. The normalized spacial score (nSPS) is 22.9. The van der Waals surface area contributed by atoms with Crippen molar-refractivity contribution >= 4 is 23.5 Å². The zero-order valence-electron chi connectivity index (χ0n) is 23.4. The van der Waals surface area contributed by atoms with Crippen LogP contribution in [0.5, 0.6) is 0 Å². The van der Waals surface area contributed by atoms with E-state index in [0.29, 0.717) is 29.2 Å². The number of rotatable bonds is 6. The molecule has 0 aliphatic carbocycles. The highest BCUT2D eigenvalue weighted by Gasteiger charge is 2.32. The second-order valence-corrected chi connectivity index (χ2v) is 11.9. The van der Waals surface area contributed by atoms with Crippen molar-refractivity contribution in [1.82, 2.24) is 20.3 Å². The van der Waals surface area contributed by atoms with Crippen molar-refractivity contribution in [1.29, 1.82) is 0 Å². The summed E-state index contributed by atoms with van der Waals surface area (Å²) in [5.74, 6) is 0.0490. The van der Waals surface area contributed by atoms with Crippen LogP contribution in [-0.2, 0) is 11.2 Å². The molecule has 0 saturated carbocycles. The summed E-state index contributed by atoms with van der Waals surface area (Å²) in [6, 6.07) is 8.21. The molecule has 1 aromatic heterocycles. The molecule has 0 radical (unpaired) electrons. The highest BCUT2D eigenvalue weighted by atomic mass is 35.5. The minimum absolute atomic E-state index is 0.113. The third-order valence-electron chi connectivity index (χ3n) is 7.27. The molecule has 2 aliphatic heterocycles. The molecule has 0 bridgehead atoms. The average Bonchev–Trinajstić information content (AvgIpc) is 3.21. The van der Waals surface area contributed by atoms with Gasteiger partial charge < -0.3 is 10.1 Å². The first-order valence-electron chi connectivity index (χ1n) is 13.4. The molecule has 2 aliphatic rings. The predicted octanol–water partition coefficient (Wildman–Crippen LogP) is 6.81. The number of aromatic nitrogens is 1. The number of nitrogens with zero attached hydrogens (tertiary/aromatic N) is 3. The van der Waals surface area contributed by atoms with Gasteiger partial charge in [-0.3, -0.25) is 4.90 Å². The van der Waals surface area contributed by atoms with Gasteiger partial charge in [0.15, 0.2) is 0 Å². The van der Waals surface area contributed by atoms with Crippen LogP contribution in [0.15, 0.2) is 42.1 Å². The Hall–Kier alpha value is -2.75. The molecule has 4 atom stereocenters. The molecule has 1 fully saturated rings. The topological polar surface area (TPSA) is 69.7 Å². The van der Waals surface area contributed by atoms with Gasteiger partial charge >= 0.3 is 6.09 Å². The number of piperidine rings is 1. The molecule has 0 spiro atoms. The van der Waals surface area contributed by atoms with Gasteiger partial charge in [-0.2, -0.15) is 5.43 Å². The number of halogens is 3. The molecule has 7 nitrogen and oxygen atoms in total. The number of benzene rings is 1. The number of amides is 1. The molecule has 212 valence electrons. The van der Waals surface area contributed by atoms with E-state index in [4.69, 9.17) is 16.3 Å². The van der Waals surface area contributed by atoms with Crippen LogP contribution in [0.2, 0.25) is 5.02 Å². The summed E-state index contributed by atoms with van der Waals surface area (Å²) in [6.07, 6.45) is 3.16. The van der Waals surface area contributed by atoms with Gasteiger partial charge in [0.05, 0.1) is 10.7 Å². The van der Waals surface area contributed by atoms with Gasteiger partial charge in [-0.15, -0.1) is 0 Å². The summed E-state index contributed by atoms with van der Waals surface area (Å²) in [5, 5.41) is 4.69. The summed E-state index contributed by atoms with van der Waals surface area (Å²) < 4.78 is 34.8. The molecule has 3 heterocycles. The van der Waals surface area contributed by atoms with Crippen LogP contribution in [0.4, 0.5) is 19.4 Å². The van der Waals surface area contributed by atoms with E-state index in [-0.39, 0.29) is 34.7 Å². The molecule has 2 N–H and O–H groups in total. The van der Waals surface area contributed by atoms with E-state index in [2.05, 4.69) is 27.6 Å². The van der Waals surface area contributed by atoms with Gasteiger partial charge in [-0.05, 0) is 97.5 Å². The second-order valence-electron chi connectivity index (χ2n) is 11.5. The maximum Gasteiger partial charge on any atom is 0.429 e. The molecule has 1 amide bonds. The van der Waals surface area contributed by atoms with Crippen LogP contribution in [0.1, 0.15) is 71.7 Å². The van der Waals surface area contributed by atoms with Crippen LogP contribution < -0.4 is 10.7 Å². The lowest BCUT2D eigenvalue weighted by atomic mass is 9.86. The predicted molar refractivity (Wildman–Crippen MR) is 149 cm³/mol. The van der Waals surface area contributed by atoms with Gasteiger partial charge in [-0.25, -0.2) is 23.6 Å². The van der Waals surface area contributed by atoms with E-state index < -0.39 is 17.9 Å². The monoisotopic (exact) mass is 561 g/mol. The highest BCUT2D eigenvalue weighted by Crippen LogP contribution is 2.34. The number of likely N-dealkylation sites (tertiary alicyclic amines) is 1. The van der Waals surface area contributed by atoms with Crippen LogP contribution in [0, 0.1) is 17.6 Å². The molecule has 4 rings (SSSR count). The summed E-state index contributed by atoms with van der Waals surface area (Å²) in [5.41, 5.74) is 4.12. The fraction of sp³-hybridized carbons (Fsp3) is 0.517. The van der Waals surface area contributed by atoms with Crippen molar-refractivity contribution in [3.8, 4) is 0 Å². The first kappa shape index (κ1) is 29.2. The van der Waals surface area contributed by atoms with Crippen molar-refractivity contribution in [2.75, 3.05) is 11.9 Å². The maximum atomic E-state index is 14.8. The van der Waals surface area contributed by atoms with E-state index in [1.807, 2.05) is 33.8 Å². The zero-order chi connectivity index (χ0) is 28.5. The number of carbonyl (C=O) groups is 1. The SMILES string of the molecule is CC1=CC(Nc2ccc(F)c(CC3CCN(C(C)c4cccc(Cl)c4F)[C@H](C)C3)n2)NN1C(=O)OC(C)(C)C. The van der Waals surface area contributed by atoms with E-state index in [1.165, 1.54) is 11.1 Å². The number of hydrogen-bond acceptors (Lipinski definition) is 6. The minimum atomic E-state index is -0.616. The summed E-state index contributed by atoms with van der Waals surface area (Å²) in [7, 11) is 0. The van der Waals surface area contributed by atoms with Crippen LogP contribution in [0.3, 0.4) is 0 Å². The van der Waals surface area contributed by atoms with Crippen molar-refractivity contribution in [3.05, 3.63) is 70.0 Å². The number of hydrazine groups is 1. The quantitative estimate of drug-likeness (QED) is 0.403. The Morgan fingerprint density at radius 1 is 1.28 bits per heavy atom. The molecular weight excluding hydrogens is 524 g/mol. The first-order chi connectivity index (χ1) is 18.3. The van der Waals surface area contributed by atoms with Crippen molar-refractivity contribution in [2.24, 2.45) is 5.92 Å². The lowest BCUT2D eigenvalue weighted by Crippen LogP contribution is -2.46. The number of allylic oxidation sites excluding steroid dienone is 1. The third-order valence-corrected chi connectivity index (χ3v) is 7.57. The van der Waals surface area contributed by atoms with Gasteiger partial charge in [0.2, 0.25) is 0 Å². The van der Waals surface area contributed by atoms with Gasteiger partial charge in [0.1, 0.15) is 29.2 Å². The van der Waals surface area contributed by atoms with Crippen LogP contribution in [-0.4, -0.2) is 45.3 Å². The van der Waals surface area contributed by atoms with Gasteiger partial charge in [0.25, 0.3) is 0 Å². The third kappa shape index (κ3) is 7.07.